The van der Waals surface area contributed by atoms with Crippen LogP contribution in [0.25, 0.3) is 0 Å². The van der Waals surface area contributed by atoms with Gasteiger partial charge in [0.05, 0.1) is 0 Å². The Hall–Kier alpha value is 1.56. The van der Waals surface area contributed by atoms with E-state index in [1.54, 1.807) is 0 Å². The van der Waals surface area contributed by atoms with Crippen LogP contribution in [0.15, 0.2) is 0 Å². The predicted octanol–water partition coefficient (Wildman–Crippen LogP) is -7.08. The summed E-state index contributed by atoms with van der Waals surface area (Å²) in [6, 6.07) is 0. The first-order chi connectivity index (χ1) is 5.77. The first-order valence-electron chi connectivity index (χ1n) is 2.03. The topological polar surface area (TPSA) is 173 Å². The Morgan fingerprint density at radius 2 is 0.733 bits per heavy atom. The molecule has 15 heteroatoms. The molecular weight excluding hydrogens is 457 g/mol. The molecule has 0 fully saturated rings. The minimum atomic E-state index is -6.70. The van der Waals surface area contributed by atoms with Crippen LogP contribution < -0.4 is 103 Å². The molecule has 12 nitrogen and oxygen atoms in total. The van der Waals surface area contributed by atoms with E-state index in [9.17, 15) is 40.5 Å². The minimum Gasteiger partial charge on any atom is 1.00 e. The van der Waals surface area contributed by atoms with Crippen molar-refractivity contribution in [2.45, 2.75) is 0 Å². The molecule has 0 rings (SSSR count). The quantitative estimate of drug-likeness (QED) is 0.228. The molecule has 0 aliphatic rings. The predicted molar refractivity (Wildman–Crippen MR) is 28.0 cm³/mol. The van der Waals surface area contributed by atoms with Crippen molar-refractivity contribution in [1.82, 2.24) is 0 Å². The molecule has 80 valence electrons. The zero-order valence-corrected chi connectivity index (χ0v) is 15.9. The maximum Gasteiger partial charge on any atom is 1.00 e. The summed E-state index contributed by atoms with van der Waals surface area (Å²) in [6.45, 7) is 0. The van der Waals surface area contributed by atoms with Gasteiger partial charge in [0, 0.05) is 0 Å². The van der Waals surface area contributed by atoms with E-state index in [0.29, 0.717) is 0 Å². The summed E-state index contributed by atoms with van der Waals surface area (Å²) in [7, 11) is 0. The Bertz CT molecular complexity index is 240. The van der Waals surface area contributed by atoms with Crippen LogP contribution in [0.3, 0.4) is 0 Å². The van der Waals surface area contributed by atoms with Gasteiger partial charge in [0.2, 0.25) is 0 Å². The van der Waals surface area contributed by atoms with Crippen LogP contribution >= 0.6 is 0 Å². The average Bonchev–Trinajstić information content (AvgIpc) is 1.82. The fourth-order valence-electron chi connectivity index (χ4n) is 0.253. The van der Waals surface area contributed by atoms with Crippen LogP contribution in [0.5, 0.6) is 0 Å². The molecule has 0 bridgehead atoms. The molecule has 0 aromatic carbocycles. The molecule has 0 unspecified atom stereocenters. The minimum absolute atomic E-state index is 0. The summed E-state index contributed by atoms with van der Waals surface area (Å²) in [6.07, 6.45) is 0. The second-order valence-corrected chi connectivity index (χ2v) is 7.18. The third-order valence-electron chi connectivity index (χ3n) is 0.620. The second-order valence-electron chi connectivity index (χ2n) is 1.14. The zero-order valence-electron chi connectivity index (χ0n) is 7.37. The van der Waals surface area contributed by atoms with Gasteiger partial charge in [-0.15, -0.1) is 0 Å². The fraction of sp³-hybridized carbons (Fsp3) is 0. The average molecular weight is 457 g/mol. The van der Waals surface area contributed by atoms with Gasteiger partial charge in [-0.3, -0.25) is 0 Å². The van der Waals surface area contributed by atoms with Gasteiger partial charge in [-0.25, -0.2) is 0 Å². The van der Waals surface area contributed by atoms with Crippen LogP contribution in [0, 0.1) is 40.5 Å². The summed E-state index contributed by atoms with van der Waals surface area (Å²) in [5.74, 6) is 0. The van der Waals surface area contributed by atoms with Crippen molar-refractivity contribution in [2.75, 3.05) is 0 Å². The van der Waals surface area contributed by atoms with Crippen LogP contribution in [-0.2, 0) is 17.1 Å². The first-order valence-corrected chi connectivity index (χ1v) is 6.09. The molecule has 0 aromatic rings. The molecule has 0 aromatic heterocycles. The van der Waals surface area contributed by atoms with Gasteiger partial charge in [-0.05, 0) is 0 Å². The molecule has 0 N–H and O–H groups in total. The third-order valence-corrected chi connectivity index (χ3v) is 5.07. The number of nitro groups is 4. The van der Waals surface area contributed by atoms with Gasteiger partial charge in [0.25, 0.3) is 0 Å². The van der Waals surface area contributed by atoms with Crippen molar-refractivity contribution in [3.8, 4) is 0 Å². The Labute approximate surface area is 170 Å². The standard InChI is InChI=1S/2K.4NO2.Pt/c;;4*2-1-3;/q2*+1;;;;;-2. The van der Waals surface area contributed by atoms with Gasteiger partial charge in [-0.2, -0.15) is 0 Å². The fourth-order valence-corrected chi connectivity index (χ4v) is 2.07. The molecule has 0 saturated heterocycles. The van der Waals surface area contributed by atoms with Gasteiger partial charge in [0.15, 0.2) is 0 Å². The zero-order chi connectivity index (χ0) is 10.8. The van der Waals surface area contributed by atoms with Gasteiger partial charge < -0.3 is 0 Å². The maximum atomic E-state index is 9.91. The van der Waals surface area contributed by atoms with E-state index in [-0.39, 0.29) is 103 Å². The van der Waals surface area contributed by atoms with Crippen LogP contribution in [0.4, 0.5) is 0 Å². The van der Waals surface area contributed by atoms with E-state index in [1.807, 2.05) is 0 Å². The van der Waals surface area contributed by atoms with E-state index in [2.05, 4.69) is 0 Å². The smallest absolute Gasteiger partial charge is 1.00 e. The van der Waals surface area contributed by atoms with Crippen molar-refractivity contribution >= 4 is 0 Å². The molecule has 0 saturated carbocycles. The SMILES string of the molecule is O=[N+]([O-])[Pt-2]([N+](=O)[O-])([N+](=O)[O-])[N+](=O)[O-].[K+].[K+]. The van der Waals surface area contributed by atoms with Gasteiger partial charge in [-0.1, -0.05) is 0 Å². The normalized spacial score (nSPS) is 10.1. The van der Waals surface area contributed by atoms with Crippen molar-refractivity contribution in [3.63, 3.8) is 0 Å². The van der Waals surface area contributed by atoms with E-state index in [4.69, 9.17) is 0 Å². The summed E-state index contributed by atoms with van der Waals surface area (Å²) in [4.78, 5) is 39.6. The number of hydrogen-bond acceptors (Lipinski definition) is 8. The molecular formula is K2N4O8Pt. The summed E-state index contributed by atoms with van der Waals surface area (Å²) < 4.78 is -8.03. The number of hydrogen-bond donors (Lipinski definition) is 0. The van der Waals surface area contributed by atoms with Crippen LogP contribution in [-0.4, -0.2) is 13.9 Å². The Balaban J connectivity index is -0.000000720. The summed E-state index contributed by atoms with van der Waals surface area (Å²) >= 11 is -6.70. The summed E-state index contributed by atoms with van der Waals surface area (Å²) in [5.41, 5.74) is 0. The molecule has 0 amide bonds. The summed E-state index contributed by atoms with van der Waals surface area (Å²) in [5, 5.41) is 39.6. The van der Waals surface area contributed by atoms with Crippen LogP contribution in [0.2, 0.25) is 0 Å². The molecule has 0 heterocycles. The van der Waals surface area contributed by atoms with E-state index < -0.39 is 31.0 Å². The molecule has 0 radical (unpaired) electrons. The molecule has 0 aliphatic heterocycles. The van der Waals surface area contributed by atoms with Crippen LogP contribution in [0.1, 0.15) is 0 Å². The second kappa shape index (κ2) is 8.62. The Morgan fingerprint density at radius 1 is 0.600 bits per heavy atom. The molecule has 15 heavy (non-hydrogen) atoms. The van der Waals surface area contributed by atoms with E-state index >= 15 is 0 Å². The van der Waals surface area contributed by atoms with Crippen molar-refractivity contribution in [2.24, 2.45) is 0 Å². The first kappa shape index (κ1) is 21.8. The number of rotatable bonds is 4. The molecule has 0 aliphatic carbocycles. The molecule has 0 spiro atoms. The Kier molecular flexibility index (Phi) is 12.5. The van der Waals surface area contributed by atoms with Gasteiger partial charge in [0.1, 0.15) is 0 Å². The van der Waals surface area contributed by atoms with Crippen molar-refractivity contribution in [1.29, 1.82) is 0 Å². The monoisotopic (exact) mass is 457 g/mol. The van der Waals surface area contributed by atoms with Crippen molar-refractivity contribution in [3.05, 3.63) is 40.5 Å². The Morgan fingerprint density at radius 3 is 0.733 bits per heavy atom. The maximum absolute atomic E-state index is 9.91. The molecule has 0 atom stereocenters. The van der Waals surface area contributed by atoms with Crippen molar-refractivity contribution < 1.29 is 134 Å². The number of nitrogens with zero attached hydrogens (tertiary/aromatic N) is 4. The van der Waals surface area contributed by atoms with E-state index in [0.717, 1.165) is 0 Å². The van der Waals surface area contributed by atoms with E-state index in [1.165, 1.54) is 0 Å². The third kappa shape index (κ3) is 4.38. The van der Waals surface area contributed by atoms with Gasteiger partial charge >= 0.3 is 174 Å². The largest absolute Gasteiger partial charge is 1.00 e.